The van der Waals surface area contributed by atoms with E-state index in [-0.39, 0.29) is 11.5 Å². The molecular formula is C14H21N3O3. The second-order valence-electron chi connectivity index (χ2n) is 5.82. The molecule has 6 nitrogen and oxygen atoms in total. The fraction of sp³-hybridized carbons (Fsp3) is 0.571. The Morgan fingerprint density at radius 1 is 1.30 bits per heavy atom. The van der Waals surface area contributed by atoms with Gasteiger partial charge in [-0.15, -0.1) is 0 Å². The maximum absolute atomic E-state index is 12.2. The molecule has 110 valence electrons. The number of β-amino-alcohol motifs (C(OH)–C–C–N with tert-alkyl or cyclic N) is 1. The van der Waals surface area contributed by atoms with Crippen molar-refractivity contribution in [3.05, 3.63) is 34.2 Å². The monoisotopic (exact) mass is 279 g/mol. The van der Waals surface area contributed by atoms with Crippen LogP contribution in [-0.2, 0) is 0 Å². The van der Waals surface area contributed by atoms with Crippen molar-refractivity contribution in [3.8, 4) is 0 Å². The Hall–Kier alpha value is -1.66. The van der Waals surface area contributed by atoms with E-state index in [0.717, 1.165) is 13.1 Å². The van der Waals surface area contributed by atoms with Gasteiger partial charge in [-0.25, -0.2) is 0 Å². The van der Waals surface area contributed by atoms with Crippen LogP contribution in [0.4, 0.5) is 0 Å². The lowest BCUT2D eigenvalue weighted by atomic mass is 10.1. The second kappa shape index (κ2) is 5.76. The predicted molar refractivity (Wildman–Crippen MR) is 75.7 cm³/mol. The molecule has 1 fully saturated rings. The van der Waals surface area contributed by atoms with Gasteiger partial charge in [0.05, 0.1) is 11.2 Å². The predicted octanol–water partition coefficient (Wildman–Crippen LogP) is -0.0964. The molecule has 20 heavy (non-hydrogen) atoms. The maximum atomic E-state index is 12.2. The third kappa shape index (κ3) is 3.91. The van der Waals surface area contributed by atoms with Gasteiger partial charge in [-0.2, -0.15) is 0 Å². The summed E-state index contributed by atoms with van der Waals surface area (Å²) in [6, 6.07) is 2.90. The number of H-pyrrole nitrogens is 1. The number of hydrogen-bond acceptors (Lipinski definition) is 4. The van der Waals surface area contributed by atoms with Gasteiger partial charge in [0.25, 0.3) is 5.91 Å². The van der Waals surface area contributed by atoms with Crippen molar-refractivity contribution in [1.82, 2.24) is 14.8 Å². The zero-order chi connectivity index (χ0) is 14.8. The SMILES string of the molecule is CC(C)(O)CN1CCN(C(=O)c2ccc(=O)[nH]c2)CC1. The first-order valence-corrected chi connectivity index (χ1v) is 6.78. The summed E-state index contributed by atoms with van der Waals surface area (Å²) in [4.78, 5) is 29.7. The van der Waals surface area contributed by atoms with Gasteiger partial charge in [0.1, 0.15) is 0 Å². The summed E-state index contributed by atoms with van der Waals surface area (Å²) in [6.07, 6.45) is 1.45. The van der Waals surface area contributed by atoms with Crippen LogP contribution in [-0.4, -0.2) is 64.1 Å². The van der Waals surface area contributed by atoms with E-state index in [0.29, 0.717) is 25.2 Å². The van der Waals surface area contributed by atoms with Crippen LogP contribution in [0.2, 0.25) is 0 Å². The van der Waals surface area contributed by atoms with Gasteiger partial charge in [-0.3, -0.25) is 14.5 Å². The second-order valence-corrected chi connectivity index (χ2v) is 5.82. The van der Waals surface area contributed by atoms with Crippen molar-refractivity contribution in [2.45, 2.75) is 19.4 Å². The van der Waals surface area contributed by atoms with Crippen LogP contribution in [0.5, 0.6) is 0 Å². The Balaban J connectivity index is 1.92. The average molecular weight is 279 g/mol. The van der Waals surface area contributed by atoms with Crippen molar-refractivity contribution in [2.24, 2.45) is 0 Å². The summed E-state index contributed by atoms with van der Waals surface area (Å²) in [5.41, 5.74) is -0.428. The number of rotatable bonds is 3. The number of aromatic nitrogens is 1. The highest BCUT2D eigenvalue weighted by molar-refractivity contribution is 5.93. The quantitative estimate of drug-likeness (QED) is 0.810. The average Bonchev–Trinajstić information content (AvgIpc) is 2.38. The number of pyridine rings is 1. The molecule has 0 saturated carbocycles. The number of piperazine rings is 1. The van der Waals surface area contributed by atoms with Gasteiger partial charge in [-0.1, -0.05) is 0 Å². The molecule has 0 aromatic carbocycles. The van der Waals surface area contributed by atoms with Crippen LogP contribution in [0.25, 0.3) is 0 Å². The Morgan fingerprint density at radius 2 is 1.95 bits per heavy atom. The number of nitrogens with zero attached hydrogens (tertiary/aromatic N) is 2. The van der Waals surface area contributed by atoms with E-state index in [4.69, 9.17) is 0 Å². The van der Waals surface area contributed by atoms with Crippen LogP contribution in [0.15, 0.2) is 23.1 Å². The summed E-state index contributed by atoms with van der Waals surface area (Å²) in [5.74, 6) is -0.0656. The number of nitrogens with one attached hydrogen (secondary N) is 1. The normalized spacial score (nSPS) is 17.2. The zero-order valence-electron chi connectivity index (χ0n) is 11.9. The zero-order valence-corrected chi connectivity index (χ0v) is 11.9. The van der Waals surface area contributed by atoms with E-state index in [1.807, 2.05) is 0 Å². The molecule has 0 unspecified atom stereocenters. The summed E-state index contributed by atoms with van der Waals surface area (Å²) >= 11 is 0. The van der Waals surface area contributed by atoms with E-state index >= 15 is 0 Å². The standard InChI is InChI=1S/C14H21N3O3/c1-14(2,20)10-16-5-7-17(8-6-16)13(19)11-3-4-12(18)15-9-11/h3-4,9,20H,5-8,10H2,1-2H3,(H,15,18). The molecular weight excluding hydrogens is 258 g/mol. The van der Waals surface area contributed by atoms with Gasteiger partial charge < -0.3 is 15.0 Å². The minimum Gasteiger partial charge on any atom is -0.389 e. The van der Waals surface area contributed by atoms with Crippen LogP contribution in [0, 0.1) is 0 Å². The molecule has 2 heterocycles. The fourth-order valence-corrected chi connectivity index (χ4v) is 2.38. The molecule has 1 aromatic heterocycles. The van der Waals surface area contributed by atoms with Gasteiger partial charge in [0.15, 0.2) is 0 Å². The molecule has 1 aliphatic rings. The molecule has 0 bridgehead atoms. The summed E-state index contributed by atoms with van der Waals surface area (Å²) < 4.78 is 0. The first-order chi connectivity index (χ1) is 9.35. The van der Waals surface area contributed by atoms with Crippen molar-refractivity contribution >= 4 is 5.91 Å². The van der Waals surface area contributed by atoms with Gasteiger partial charge in [0, 0.05) is 45.0 Å². The van der Waals surface area contributed by atoms with Gasteiger partial charge in [-0.05, 0) is 19.9 Å². The molecule has 2 N–H and O–H groups in total. The van der Waals surface area contributed by atoms with E-state index in [9.17, 15) is 14.7 Å². The molecule has 1 saturated heterocycles. The van der Waals surface area contributed by atoms with Crippen LogP contribution in [0.1, 0.15) is 24.2 Å². The fourth-order valence-electron chi connectivity index (χ4n) is 2.38. The van der Waals surface area contributed by atoms with Gasteiger partial charge >= 0.3 is 0 Å². The molecule has 1 amide bonds. The van der Waals surface area contributed by atoms with Gasteiger partial charge in [0.2, 0.25) is 5.56 Å². The molecule has 0 atom stereocenters. The topological polar surface area (TPSA) is 76.6 Å². The van der Waals surface area contributed by atoms with Crippen molar-refractivity contribution in [2.75, 3.05) is 32.7 Å². The smallest absolute Gasteiger partial charge is 0.255 e. The lowest BCUT2D eigenvalue weighted by Crippen LogP contribution is -2.52. The maximum Gasteiger partial charge on any atom is 0.255 e. The molecule has 0 aliphatic carbocycles. The number of carbonyl (C=O) groups is 1. The number of aromatic amines is 1. The van der Waals surface area contributed by atoms with E-state index in [1.54, 1.807) is 24.8 Å². The third-order valence-corrected chi connectivity index (χ3v) is 3.30. The van der Waals surface area contributed by atoms with Crippen molar-refractivity contribution in [3.63, 3.8) is 0 Å². The Kier molecular flexibility index (Phi) is 4.25. The molecule has 1 aromatic rings. The summed E-state index contributed by atoms with van der Waals surface area (Å²) in [7, 11) is 0. The van der Waals surface area contributed by atoms with Crippen LogP contribution in [0.3, 0.4) is 0 Å². The first-order valence-electron chi connectivity index (χ1n) is 6.78. The molecule has 6 heteroatoms. The largest absolute Gasteiger partial charge is 0.389 e. The lowest BCUT2D eigenvalue weighted by molar-refractivity contribution is 0.0178. The highest BCUT2D eigenvalue weighted by Gasteiger charge is 2.25. The molecule has 0 radical (unpaired) electrons. The Morgan fingerprint density at radius 3 is 2.45 bits per heavy atom. The highest BCUT2D eigenvalue weighted by atomic mass is 16.3. The molecule has 0 spiro atoms. The van der Waals surface area contributed by atoms with E-state index in [2.05, 4.69) is 9.88 Å². The molecule has 2 rings (SSSR count). The van der Waals surface area contributed by atoms with Crippen LogP contribution < -0.4 is 5.56 Å². The summed E-state index contributed by atoms with van der Waals surface area (Å²) in [6.45, 7) is 6.93. The third-order valence-electron chi connectivity index (χ3n) is 3.30. The number of amides is 1. The van der Waals surface area contributed by atoms with Crippen LogP contribution >= 0.6 is 0 Å². The Bertz CT molecular complexity index is 505. The highest BCUT2D eigenvalue weighted by Crippen LogP contribution is 2.10. The van der Waals surface area contributed by atoms with E-state index < -0.39 is 5.60 Å². The Labute approximate surface area is 118 Å². The number of aliphatic hydroxyl groups is 1. The molecule has 1 aliphatic heterocycles. The minimum atomic E-state index is -0.717. The van der Waals surface area contributed by atoms with Crippen molar-refractivity contribution in [1.29, 1.82) is 0 Å². The summed E-state index contributed by atoms with van der Waals surface area (Å²) in [5, 5.41) is 9.79. The lowest BCUT2D eigenvalue weighted by Gasteiger charge is -2.37. The minimum absolute atomic E-state index is 0.0656. The first kappa shape index (κ1) is 14.7. The van der Waals surface area contributed by atoms with E-state index in [1.165, 1.54) is 12.3 Å². The number of carbonyl (C=O) groups excluding carboxylic acids is 1. The number of hydrogen-bond donors (Lipinski definition) is 2. The van der Waals surface area contributed by atoms with Crippen molar-refractivity contribution < 1.29 is 9.90 Å².